The number of benzene rings is 1. The highest BCUT2D eigenvalue weighted by molar-refractivity contribution is 7.19. The number of hydrogen-bond donors (Lipinski definition) is 0. The summed E-state index contributed by atoms with van der Waals surface area (Å²) in [5.41, 5.74) is 3.11. The van der Waals surface area contributed by atoms with Crippen LogP contribution in [0.3, 0.4) is 0 Å². The Labute approximate surface area is 165 Å². The molecule has 7 nitrogen and oxygen atoms in total. The van der Waals surface area contributed by atoms with Gasteiger partial charge in [-0.1, -0.05) is 17.3 Å². The fourth-order valence-electron chi connectivity index (χ4n) is 3.62. The zero-order valence-corrected chi connectivity index (χ0v) is 16.3. The molecule has 0 atom stereocenters. The van der Waals surface area contributed by atoms with E-state index >= 15 is 0 Å². The number of nitrogens with zero attached hydrogens (tertiary/aromatic N) is 5. The summed E-state index contributed by atoms with van der Waals surface area (Å²) < 4.78 is 7.04. The molecular formula is C20H19N5O2S. The van der Waals surface area contributed by atoms with Gasteiger partial charge in [-0.2, -0.15) is 0 Å². The lowest BCUT2D eigenvalue weighted by atomic mass is 9.97. The number of aromatic nitrogens is 4. The average molecular weight is 393 g/mol. The lowest BCUT2D eigenvalue weighted by Gasteiger charge is -2.09. The first-order valence-electron chi connectivity index (χ1n) is 9.26. The largest absolute Gasteiger partial charge is 0.496 e. The second-order valence-corrected chi connectivity index (χ2v) is 7.77. The summed E-state index contributed by atoms with van der Waals surface area (Å²) in [4.78, 5) is 17.2. The van der Waals surface area contributed by atoms with Gasteiger partial charge in [-0.3, -0.25) is 0 Å². The Kier molecular flexibility index (Phi) is 4.40. The number of thiophene rings is 1. The van der Waals surface area contributed by atoms with E-state index in [1.54, 1.807) is 35.5 Å². The molecule has 0 aliphatic heterocycles. The number of fused-ring (bicyclic) bond motifs is 5. The average Bonchev–Trinajstić information content (AvgIpc) is 3.31. The molecule has 0 amide bonds. The van der Waals surface area contributed by atoms with Crippen molar-refractivity contribution in [2.24, 2.45) is 5.16 Å². The number of methoxy groups -OCH3 is 1. The van der Waals surface area contributed by atoms with Gasteiger partial charge in [-0.25, -0.2) is 14.5 Å². The Balaban J connectivity index is 1.39. The van der Waals surface area contributed by atoms with Crippen molar-refractivity contribution in [2.75, 3.05) is 7.11 Å². The Morgan fingerprint density at radius 1 is 1.25 bits per heavy atom. The number of oxime groups is 1. The SMILES string of the molecule is COc1ccccc1/C=N\OCc1nc2c3c4c(sc3ncn2n1)CCCC4. The number of ether oxygens (including phenoxy) is 1. The number of hydrogen-bond acceptors (Lipinski definition) is 7. The quantitative estimate of drug-likeness (QED) is 0.381. The van der Waals surface area contributed by atoms with E-state index in [9.17, 15) is 0 Å². The van der Waals surface area contributed by atoms with Gasteiger partial charge in [-0.05, 0) is 43.4 Å². The zero-order chi connectivity index (χ0) is 18.9. The van der Waals surface area contributed by atoms with Gasteiger partial charge in [0.1, 0.15) is 16.9 Å². The molecule has 3 heterocycles. The van der Waals surface area contributed by atoms with E-state index in [-0.39, 0.29) is 6.61 Å². The van der Waals surface area contributed by atoms with Crippen molar-refractivity contribution < 1.29 is 9.57 Å². The molecule has 0 spiro atoms. The molecule has 0 bridgehead atoms. The van der Waals surface area contributed by atoms with Crippen LogP contribution in [0.5, 0.6) is 5.75 Å². The molecule has 1 aromatic carbocycles. The molecule has 3 aromatic heterocycles. The van der Waals surface area contributed by atoms with Crippen molar-refractivity contribution in [1.82, 2.24) is 19.6 Å². The van der Waals surface area contributed by atoms with E-state index in [1.165, 1.54) is 23.3 Å². The minimum atomic E-state index is 0.196. The van der Waals surface area contributed by atoms with Crippen LogP contribution in [0.15, 0.2) is 35.7 Å². The van der Waals surface area contributed by atoms with Crippen molar-refractivity contribution in [2.45, 2.75) is 32.3 Å². The molecule has 4 aromatic rings. The van der Waals surface area contributed by atoms with Crippen LogP contribution < -0.4 is 4.74 Å². The first-order chi connectivity index (χ1) is 13.8. The maximum atomic E-state index is 5.42. The molecule has 0 N–H and O–H groups in total. The topological polar surface area (TPSA) is 73.9 Å². The molecule has 0 unspecified atom stereocenters. The lowest BCUT2D eigenvalue weighted by molar-refractivity contribution is 0.126. The van der Waals surface area contributed by atoms with E-state index in [2.05, 4.69) is 15.2 Å². The third-order valence-electron chi connectivity index (χ3n) is 4.93. The summed E-state index contributed by atoms with van der Waals surface area (Å²) in [6.07, 6.45) is 8.08. The Hall–Kier alpha value is -3.00. The smallest absolute Gasteiger partial charge is 0.192 e. The van der Waals surface area contributed by atoms with Crippen molar-refractivity contribution in [3.05, 3.63) is 52.4 Å². The maximum Gasteiger partial charge on any atom is 0.192 e. The third kappa shape index (κ3) is 2.99. The maximum absolute atomic E-state index is 5.42. The molecule has 0 saturated carbocycles. The molecular weight excluding hydrogens is 374 g/mol. The van der Waals surface area contributed by atoms with E-state index in [4.69, 9.17) is 14.6 Å². The second kappa shape index (κ2) is 7.20. The molecule has 1 aliphatic carbocycles. The van der Waals surface area contributed by atoms with E-state index in [1.807, 2.05) is 24.3 Å². The van der Waals surface area contributed by atoms with Gasteiger partial charge in [0.25, 0.3) is 0 Å². The molecule has 0 fully saturated rings. The molecule has 0 saturated heterocycles. The Bertz CT molecular complexity index is 1180. The summed E-state index contributed by atoms with van der Waals surface area (Å²) in [5.74, 6) is 1.33. The third-order valence-corrected chi connectivity index (χ3v) is 6.13. The lowest BCUT2D eigenvalue weighted by Crippen LogP contribution is -1.99. The summed E-state index contributed by atoms with van der Waals surface area (Å²) in [6, 6.07) is 7.63. The van der Waals surface area contributed by atoms with Gasteiger partial charge in [-0.15, -0.1) is 16.4 Å². The van der Waals surface area contributed by atoms with Crippen LogP contribution >= 0.6 is 11.3 Å². The fraction of sp³-hybridized carbons (Fsp3) is 0.300. The van der Waals surface area contributed by atoms with Crippen LogP contribution in [0.1, 0.15) is 34.7 Å². The van der Waals surface area contributed by atoms with E-state index in [0.717, 1.165) is 40.0 Å². The normalized spacial score (nSPS) is 14.0. The van der Waals surface area contributed by atoms with E-state index < -0.39 is 0 Å². The minimum absolute atomic E-state index is 0.196. The van der Waals surface area contributed by atoms with Gasteiger partial charge < -0.3 is 9.57 Å². The molecule has 142 valence electrons. The van der Waals surface area contributed by atoms with Crippen molar-refractivity contribution in [3.63, 3.8) is 0 Å². The van der Waals surface area contributed by atoms with Crippen LogP contribution in [-0.2, 0) is 24.3 Å². The number of para-hydroxylation sites is 1. The van der Waals surface area contributed by atoms with Gasteiger partial charge in [0.2, 0.25) is 0 Å². The zero-order valence-electron chi connectivity index (χ0n) is 15.5. The predicted molar refractivity (Wildman–Crippen MR) is 108 cm³/mol. The molecule has 5 rings (SSSR count). The van der Waals surface area contributed by atoms with Crippen LogP contribution in [0, 0.1) is 0 Å². The van der Waals surface area contributed by atoms with E-state index in [0.29, 0.717) is 5.82 Å². The van der Waals surface area contributed by atoms with Crippen LogP contribution in [0.4, 0.5) is 0 Å². The number of rotatable bonds is 5. The Morgan fingerprint density at radius 2 is 2.14 bits per heavy atom. The summed E-state index contributed by atoms with van der Waals surface area (Å²) in [6.45, 7) is 0.196. The Morgan fingerprint density at radius 3 is 3.07 bits per heavy atom. The summed E-state index contributed by atoms with van der Waals surface area (Å²) in [7, 11) is 1.63. The monoisotopic (exact) mass is 393 g/mol. The molecule has 0 radical (unpaired) electrons. The van der Waals surface area contributed by atoms with Gasteiger partial charge in [0.05, 0.1) is 18.7 Å². The highest BCUT2D eigenvalue weighted by Crippen LogP contribution is 2.36. The molecule has 1 aliphatic rings. The molecule has 28 heavy (non-hydrogen) atoms. The van der Waals surface area contributed by atoms with Crippen LogP contribution in [-0.4, -0.2) is 32.9 Å². The minimum Gasteiger partial charge on any atom is -0.496 e. The van der Waals surface area contributed by atoms with Crippen LogP contribution in [0.25, 0.3) is 15.9 Å². The highest BCUT2D eigenvalue weighted by atomic mass is 32.1. The first-order valence-corrected chi connectivity index (χ1v) is 10.1. The standard InChI is InChI=1S/C20H19N5O2S/c1-26-15-8-4-2-6-13(15)10-22-27-11-17-23-19-18-14-7-3-5-9-16(14)28-20(18)21-12-25(19)24-17/h2,4,6,8,10,12H,3,5,7,9,11H2,1H3/b22-10-. The first kappa shape index (κ1) is 17.1. The van der Waals surface area contributed by atoms with Gasteiger partial charge in [0, 0.05) is 10.4 Å². The van der Waals surface area contributed by atoms with Crippen molar-refractivity contribution >= 4 is 33.4 Å². The summed E-state index contributed by atoms with van der Waals surface area (Å²) >= 11 is 1.79. The highest BCUT2D eigenvalue weighted by Gasteiger charge is 2.20. The van der Waals surface area contributed by atoms with Crippen molar-refractivity contribution in [1.29, 1.82) is 0 Å². The van der Waals surface area contributed by atoms with Gasteiger partial charge in [0.15, 0.2) is 18.1 Å². The summed E-state index contributed by atoms with van der Waals surface area (Å²) in [5, 5.41) is 9.68. The fourth-order valence-corrected chi connectivity index (χ4v) is 4.85. The van der Waals surface area contributed by atoms with Gasteiger partial charge >= 0.3 is 0 Å². The molecule has 8 heteroatoms. The van der Waals surface area contributed by atoms with Crippen LogP contribution in [0.2, 0.25) is 0 Å². The predicted octanol–water partition coefficient (Wildman–Crippen LogP) is 3.78. The second-order valence-electron chi connectivity index (χ2n) is 6.68. The van der Waals surface area contributed by atoms with Crippen molar-refractivity contribution in [3.8, 4) is 5.75 Å². The number of aryl methyl sites for hydroxylation is 2.